The SMILES string of the molecule is COc1cnn(C)c1C(O)c1cc(C)ccn1. The Balaban J connectivity index is 2.43. The van der Waals surface area contributed by atoms with Crippen LogP contribution in [0.5, 0.6) is 5.75 Å². The lowest BCUT2D eigenvalue weighted by atomic mass is 10.1. The fourth-order valence-electron chi connectivity index (χ4n) is 1.75. The summed E-state index contributed by atoms with van der Waals surface area (Å²) >= 11 is 0. The molecule has 0 aliphatic heterocycles. The van der Waals surface area contributed by atoms with E-state index in [0.717, 1.165) is 5.56 Å². The van der Waals surface area contributed by atoms with Crippen molar-refractivity contribution in [2.24, 2.45) is 7.05 Å². The van der Waals surface area contributed by atoms with E-state index in [1.807, 2.05) is 19.1 Å². The highest BCUT2D eigenvalue weighted by atomic mass is 16.5. The predicted octanol–water partition coefficient (Wildman–Crippen LogP) is 1.21. The normalized spacial score (nSPS) is 12.5. The molecule has 2 heterocycles. The van der Waals surface area contributed by atoms with E-state index in [0.29, 0.717) is 17.1 Å². The average molecular weight is 233 g/mol. The molecule has 0 aromatic carbocycles. The molecule has 2 aromatic heterocycles. The molecular formula is C12H15N3O2. The van der Waals surface area contributed by atoms with Gasteiger partial charge in [0.05, 0.1) is 19.0 Å². The van der Waals surface area contributed by atoms with Crippen LogP contribution in [0.1, 0.15) is 23.1 Å². The number of ether oxygens (including phenoxy) is 1. The lowest BCUT2D eigenvalue weighted by Gasteiger charge is -2.12. The maximum atomic E-state index is 10.3. The number of aliphatic hydroxyl groups excluding tert-OH is 1. The molecule has 0 amide bonds. The molecule has 1 unspecified atom stereocenters. The standard InChI is InChI=1S/C12H15N3O2/c1-8-4-5-13-9(6-8)12(16)11-10(17-3)7-14-15(11)2/h4-7,12,16H,1-3H3. The van der Waals surface area contributed by atoms with Gasteiger partial charge in [-0.25, -0.2) is 0 Å². The molecule has 1 N–H and O–H groups in total. The average Bonchev–Trinajstić information content (AvgIpc) is 2.69. The number of aryl methyl sites for hydroxylation is 2. The summed E-state index contributed by atoms with van der Waals surface area (Å²) < 4.78 is 6.76. The molecule has 1 atom stereocenters. The van der Waals surface area contributed by atoms with Crippen molar-refractivity contribution in [3.05, 3.63) is 41.5 Å². The minimum atomic E-state index is -0.836. The van der Waals surface area contributed by atoms with Gasteiger partial charge in [-0.15, -0.1) is 0 Å². The van der Waals surface area contributed by atoms with Crippen molar-refractivity contribution in [2.75, 3.05) is 7.11 Å². The van der Waals surface area contributed by atoms with Crippen LogP contribution in [0.2, 0.25) is 0 Å². The number of nitrogens with zero attached hydrogens (tertiary/aromatic N) is 3. The monoisotopic (exact) mass is 233 g/mol. The molecule has 2 aromatic rings. The number of hydrogen-bond donors (Lipinski definition) is 1. The Kier molecular flexibility index (Phi) is 3.10. The van der Waals surface area contributed by atoms with Crippen LogP contribution < -0.4 is 4.74 Å². The van der Waals surface area contributed by atoms with Gasteiger partial charge in [0.25, 0.3) is 0 Å². The second-order valence-electron chi connectivity index (χ2n) is 3.88. The first-order valence-corrected chi connectivity index (χ1v) is 5.30. The first-order chi connectivity index (χ1) is 8.13. The lowest BCUT2D eigenvalue weighted by Crippen LogP contribution is -2.09. The summed E-state index contributed by atoms with van der Waals surface area (Å²) in [5, 5.41) is 14.4. The van der Waals surface area contributed by atoms with Crippen molar-refractivity contribution < 1.29 is 9.84 Å². The highest BCUT2D eigenvalue weighted by molar-refractivity contribution is 5.33. The zero-order chi connectivity index (χ0) is 12.4. The quantitative estimate of drug-likeness (QED) is 0.865. The van der Waals surface area contributed by atoms with E-state index < -0.39 is 6.10 Å². The van der Waals surface area contributed by atoms with E-state index in [1.54, 1.807) is 31.2 Å². The van der Waals surface area contributed by atoms with E-state index >= 15 is 0 Å². The summed E-state index contributed by atoms with van der Waals surface area (Å²) in [5.41, 5.74) is 2.24. The zero-order valence-electron chi connectivity index (χ0n) is 10.1. The number of rotatable bonds is 3. The number of aromatic nitrogens is 3. The van der Waals surface area contributed by atoms with Crippen LogP contribution in [-0.4, -0.2) is 27.0 Å². The van der Waals surface area contributed by atoms with Crippen LogP contribution >= 0.6 is 0 Å². The van der Waals surface area contributed by atoms with Crippen LogP contribution in [0, 0.1) is 6.92 Å². The summed E-state index contributed by atoms with van der Waals surface area (Å²) in [6.45, 7) is 1.96. The number of aliphatic hydroxyl groups is 1. The van der Waals surface area contributed by atoms with Crippen molar-refractivity contribution in [1.29, 1.82) is 0 Å². The molecule has 0 bridgehead atoms. The Hall–Kier alpha value is -1.88. The van der Waals surface area contributed by atoms with Gasteiger partial charge in [0.1, 0.15) is 11.8 Å². The van der Waals surface area contributed by atoms with Gasteiger partial charge in [0.15, 0.2) is 5.75 Å². The van der Waals surface area contributed by atoms with Crippen LogP contribution in [-0.2, 0) is 7.05 Å². The Labute approximate surface area is 99.7 Å². The summed E-state index contributed by atoms with van der Waals surface area (Å²) in [6.07, 6.45) is 2.42. The predicted molar refractivity (Wildman–Crippen MR) is 62.8 cm³/mol. The van der Waals surface area contributed by atoms with Crippen molar-refractivity contribution in [3.8, 4) is 5.75 Å². The Morgan fingerprint density at radius 2 is 2.24 bits per heavy atom. The minimum Gasteiger partial charge on any atom is -0.493 e. The van der Waals surface area contributed by atoms with E-state index in [4.69, 9.17) is 4.74 Å². The first kappa shape index (κ1) is 11.6. The van der Waals surface area contributed by atoms with E-state index in [2.05, 4.69) is 10.1 Å². The maximum Gasteiger partial charge on any atom is 0.163 e. The molecule has 90 valence electrons. The smallest absolute Gasteiger partial charge is 0.163 e. The Morgan fingerprint density at radius 3 is 2.88 bits per heavy atom. The summed E-state index contributed by atoms with van der Waals surface area (Å²) in [5.74, 6) is 0.559. The van der Waals surface area contributed by atoms with Crippen molar-refractivity contribution in [1.82, 2.24) is 14.8 Å². The van der Waals surface area contributed by atoms with Crippen molar-refractivity contribution in [2.45, 2.75) is 13.0 Å². The third-order valence-corrected chi connectivity index (χ3v) is 2.64. The molecular weight excluding hydrogens is 218 g/mol. The van der Waals surface area contributed by atoms with Gasteiger partial charge in [0, 0.05) is 13.2 Å². The van der Waals surface area contributed by atoms with Crippen LogP contribution in [0.15, 0.2) is 24.5 Å². The molecule has 0 aliphatic carbocycles. The summed E-state index contributed by atoms with van der Waals surface area (Å²) in [4.78, 5) is 4.17. The highest BCUT2D eigenvalue weighted by Crippen LogP contribution is 2.28. The van der Waals surface area contributed by atoms with Crippen LogP contribution in [0.25, 0.3) is 0 Å². The van der Waals surface area contributed by atoms with Gasteiger partial charge < -0.3 is 9.84 Å². The second-order valence-corrected chi connectivity index (χ2v) is 3.88. The second kappa shape index (κ2) is 4.55. The largest absolute Gasteiger partial charge is 0.493 e. The molecule has 2 rings (SSSR count). The minimum absolute atomic E-state index is 0.559. The van der Waals surface area contributed by atoms with Gasteiger partial charge >= 0.3 is 0 Å². The molecule has 5 heteroatoms. The van der Waals surface area contributed by atoms with E-state index in [9.17, 15) is 5.11 Å². The summed E-state index contributed by atoms with van der Waals surface area (Å²) in [7, 11) is 3.31. The number of hydrogen-bond acceptors (Lipinski definition) is 4. The van der Waals surface area contributed by atoms with E-state index in [1.165, 1.54) is 0 Å². The zero-order valence-corrected chi connectivity index (χ0v) is 10.1. The molecule has 0 fully saturated rings. The van der Waals surface area contributed by atoms with Gasteiger partial charge in [-0.05, 0) is 24.6 Å². The topological polar surface area (TPSA) is 60.2 Å². The fourth-order valence-corrected chi connectivity index (χ4v) is 1.75. The Bertz CT molecular complexity index is 522. The van der Waals surface area contributed by atoms with Crippen molar-refractivity contribution in [3.63, 3.8) is 0 Å². The van der Waals surface area contributed by atoms with E-state index in [-0.39, 0.29) is 0 Å². The fraction of sp³-hybridized carbons (Fsp3) is 0.333. The summed E-state index contributed by atoms with van der Waals surface area (Å²) in [6, 6.07) is 3.73. The number of pyridine rings is 1. The third-order valence-electron chi connectivity index (χ3n) is 2.64. The lowest BCUT2D eigenvalue weighted by molar-refractivity contribution is 0.199. The number of methoxy groups -OCH3 is 1. The molecule has 0 spiro atoms. The third kappa shape index (κ3) is 2.14. The Morgan fingerprint density at radius 1 is 1.47 bits per heavy atom. The molecule has 0 aliphatic rings. The maximum absolute atomic E-state index is 10.3. The van der Waals surface area contributed by atoms with Gasteiger partial charge in [-0.2, -0.15) is 5.10 Å². The first-order valence-electron chi connectivity index (χ1n) is 5.30. The molecule has 0 saturated carbocycles. The molecule has 0 radical (unpaired) electrons. The van der Waals surface area contributed by atoms with Gasteiger partial charge in [-0.1, -0.05) is 0 Å². The van der Waals surface area contributed by atoms with Crippen LogP contribution in [0.4, 0.5) is 0 Å². The molecule has 0 saturated heterocycles. The van der Waals surface area contributed by atoms with Crippen molar-refractivity contribution >= 4 is 0 Å². The van der Waals surface area contributed by atoms with Gasteiger partial charge in [-0.3, -0.25) is 9.67 Å². The molecule has 5 nitrogen and oxygen atoms in total. The van der Waals surface area contributed by atoms with Crippen LogP contribution in [0.3, 0.4) is 0 Å². The van der Waals surface area contributed by atoms with Gasteiger partial charge in [0.2, 0.25) is 0 Å². The highest BCUT2D eigenvalue weighted by Gasteiger charge is 2.21. The molecule has 17 heavy (non-hydrogen) atoms.